The number of rotatable bonds is 3. The molecule has 24 heavy (non-hydrogen) atoms. The molecule has 1 amide bonds. The molecule has 1 aliphatic rings. The Morgan fingerprint density at radius 2 is 1.83 bits per heavy atom. The van der Waals surface area contributed by atoms with Crippen LogP contribution in [-0.2, 0) is 0 Å². The number of nitrogens with zero attached hydrogens (tertiary/aromatic N) is 4. The van der Waals surface area contributed by atoms with Gasteiger partial charge in [-0.1, -0.05) is 0 Å². The highest BCUT2D eigenvalue weighted by molar-refractivity contribution is 5.95. The topological polar surface area (TPSA) is 41.4 Å². The van der Waals surface area contributed by atoms with Gasteiger partial charge in [-0.25, -0.2) is 9.07 Å². The summed E-state index contributed by atoms with van der Waals surface area (Å²) in [6.45, 7) is 3.40. The van der Waals surface area contributed by atoms with Crippen LogP contribution in [0.1, 0.15) is 28.9 Å². The Morgan fingerprint density at radius 3 is 2.42 bits per heavy atom. The number of benzene rings is 1. The van der Waals surface area contributed by atoms with E-state index in [1.54, 1.807) is 23.0 Å². The summed E-state index contributed by atoms with van der Waals surface area (Å²) < 4.78 is 14.8. The second kappa shape index (κ2) is 6.73. The minimum Gasteiger partial charge on any atom is -0.338 e. The quantitative estimate of drug-likeness (QED) is 0.868. The Balaban J connectivity index is 1.76. The summed E-state index contributed by atoms with van der Waals surface area (Å²) in [5.41, 5.74) is 2.14. The molecular formula is C18H23FN4O. The van der Waals surface area contributed by atoms with E-state index in [0.29, 0.717) is 11.6 Å². The number of hydrogen-bond acceptors (Lipinski definition) is 3. The summed E-state index contributed by atoms with van der Waals surface area (Å²) in [5, 5.41) is 4.31. The Hall–Kier alpha value is -2.21. The van der Waals surface area contributed by atoms with Gasteiger partial charge in [0.25, 0.3) is 5.91 Å². The first-order valence-electron chi connectivity index (χ1n) is 8.23. The van der Waals surface area contributed by atoms with Crippen molar-refractivity contribution in [3.8, 4) is 5.69 Å². The van der Waals surface area contributed by atoms with Crippen LogP contribution in [0.15, 0.2) is 30.5 Å². The second-order valence-corrected chi connectivity index (χ2v) is 6.52. The summed E-state index contributed by atoms with van der Waals surface area (Å²) >= 11 is 0. The molecule has 1 aromatic heterocycles. The Morgan fingerprint density at radius 1 is 1.21 bits per heavy atom. The summed E-state index contributed by atoms with van der Waals surface area (Å²) in [4.78, 5) is 16.9. The van der Waals surface area contributed by atoms with Crippen molar-refractivity contribution in [2.45, 2.75) is 25.8 Å². The lowest BCUT2D eigenvalue weighted by Crippen LogP contribution is -2.44. The van der Waals surface area contributed by atoms with Crippen LogP contribution in [0, 0.1) is 12.7 Å². The largest absolute Gasteiger partial charge is 0.338 e. The predicted molar refractivity (Wildman–Crippen MR) is 90.9 cm³/mol. The van der Waals surface area contributed by atoms with Gasteiger partial charge in [-0.15, -0.1) is 0 Å². The van der Waals surface area contributed by atoms with Gasteiger partial charge in [0.05, 0.1) is 23.1 Å². The maximum atomic E-state index is 13.1. The van der Waals surface area contributed by atoms with E-state index in [-0.39, 0.29) is 11.7 Å². The fourth-order valence-electron chi connectivity index (χ4n) is 3.22. The van der Waals surface area contributed by atoms with Gasteiger partial charge >= 0.3 is 0 Å². The molecule has 1 aliphatic heterocycles. The molecule has 0 N–H and O–H groups in total. The zero-order chi connectivity index (χ0) is 17.3. The van der Waals surface area contributed by atoms with Crippen LogP contribution >= 0.6 is 0 Å². The maximum absolute atomic E-state index is 13.1. The molecule has 3 rings (SSSR count). The molecule has 0 spiro atoms. The summed E-state index contributed by atoms with van der Waals surface area (Å²) in [6, 6.07) is 6.64. The van der Waals surface area contributed by atoms with Crippen molar-refractivity contribution in [3.05, 3.63) is 47.5 Å². The molecule has 128 valence electrons. The number of carbonyl (C=O) groups is 1. The summed E-state index contributed by atoms with van der Waals surface area (Å²) in [5.74, 6) is -0.262. The molecule has 2 aromatic rings. The second-order valence-electron chi connectivity index (χ2n) is 6.52. The molecule has 0 radical (unpaired) electrons. The number of halogens is 1. The van der Waals surface area contributed by atoms with E-state index in [2.05, 4.69) is 24.1 Å². The summed E-state index contributed by atoms with van der Waals surface area (Å²) in [6.07, 6.45) is 3.59. The smallest absolute Gasteiger partial charge is 0.257 e. The first kappa shape index (κ1) is 16.6. The molecule has 0 saturated carbocycles. The van der Waals surface area contributed by atoms with Gasteiger partial charge in [0.1, 0.15) is 5.82 Å². The molecule has 5 nitrogen and oxygen atoms in total. The van der Waals surface area contributed by atoms with Gasteiger partial charge in [-0.05, 0) is 58.1 Å². The third kappa shape index (κ3) is 3.19. The minimum atomic E-state index is -0.288. The van der Waals surface area contributed by atoms with E-state index in [0.717, 1.165) is 37.3 Å². The normalized spacial score (nSPS) is 16.0. The van der Waals surface area contributed by atoms with Crippen molar-refractivity contribution in [1.29, 1.82) is 0 Å². The lowest BCUT2D eigenvalue weighted by Gasteiger charge is -2.35. The molecule has 2 heterocycles. The average molecular weight is 330 g/mol. The van der Waals surface area contributed by atoms with Crippen LogP contribution in [0.25, 0.3) is 5.69 Å². The van der Waals surface area contributed by atoms with Crippen molar-refractivity contribution in [2.75, 3.05) is 27.2 Å². The van der Waals surface area contributed by atoms with E-state index < -0.39 is 0 Å². The summed E-state index contributed by atoms with van der Waals surface area (Å²) in [7, 11) is 4.16. The third-order valence-electron chi connectivity index (χ3n) is 4.79. The molecule has 0 unspecified atom stereocenters. The van der Waals surface area contributed by atoms with Crippen molar-refractivity contribution < 1.29 is 9.18 Å². The number of piperidine rings is 1. The monoisotopic (exact) mass is 330 g/mol. The van der Waals surface area contributed by atoms with E-state index in [4.69, 9.17) is 0 Å². The average Bonchev–Trinajstić information content (AvgIpc) is 2.96. The lowest BCUT2D eigenvalue weighted by molar-refractivity contribution is 0.0662. The molecule has 0 bridgehead atoms. The minimum absolute atomic E-state index is 0.0260. The molecule has 1 fully saturated rings. The molecule has 6 heteroatoms. The highest BCUT2D eigenvalue weighted by Gasteiger charge is 2.26. The van der Waals surface area contributed by atoms with Crippen molar-refractivity contribution in [2.24, 2.45) is 0 Å². The van der Waals surface area contributed by atoms with Gasteiger partial charge < -0.3 is 9.80 Å². The lowest BCUT2D eigenvalue weighted by atomic mass is 10.0. The van der Waals surface area contributed by atoms with Gasteiger partial charge in [-0.2, -0.15) is 5.10 Å². The zero-order valence-electron chi connectivity index (χ0n) is 14.4. The molecular weight excluding hydrogens is 307 g/mol. The zero-order valence-corrected chi connectivity index (χ0v) is 14.4. The van der Waals surface area contributed by atoms with E-state index >= 15 is 0 Å². The number of likely N-dealkylation sites (tertiary alicyclic amines) is 1. The fraction of sp³-hybridized carbons (Fsp3) is 0.444. The van der Waals surface area contributed by atoms with E-state index in [1.807, 2.05) is 11.8 Å². The highest BCUT2D eigenvalue weighted by atomic mass is 19.1. The third-order valence-corrected chi connectivity index (χ3v) is 4.79. The number of carbonyl (C=O) groups excluding carboxylic acids is 1. The Labute approximate surface area is 141 Å². The van der Waals surface area contributed by atoms with E-state index in [1.165, 1.54) is 12.1 Å². The van der Waals surface area contributed by atoms with Crippen molar-refractivity contribution in [1.82, 2.24) is 19.6 Å². The molecule has 1 aromatic carbocycles. The molecule has 0 aliphatic carbocycles. The predicted octanol–water partition coefficient (Wildman–Crippen LogP) is 2.49. The van der Waals surface area contributed by atoms with Gasteiger partial charge in [0.2, 0.25) is 0 Å². The van der Waals surface area contributed by atoms with Crippen LogP contribution in [0.4, 0.5) is 4.39 Å². The molecule has 0 atom stereocenters. The Bertz CT molecular complexity index is 715. The van der Waals surface area contributed by atoms with Crippen LogP contribution in [0.5, 0.6) is 0 Å². The number of aromatic nitrogens is 2. The fourth-order valence-corrected chi connectivity index (χ4v) is 3.22. The first-order chi connectivity index (χ1) is 11.5. The standard InChI is InChI=1S/C18H23FN4O/c1-13-17(12-20-23(13)16-6-4-14(19)5-7-16)18(24)22-10-8-15(9-11-22)21(2)3/h4-7,12,15H,8-11H2,1-3H3. The van der Waals surface area contributed by atoms with Crippen LogP contribution in [-0.4, -0.2) is 58.7 Å². The first-order valence-corrected chi connectivity index (χ1v) is 8.23. The Kier molecular flexibility index (Phi) is 4.66. The molecule has 1 saturated heterocycles. The van der Waals surface area contributed by atoms with Crippen LogP contribution < -0.4 is 0 Å². The van der Waals surface area contributed by atoms with Gasteiger partial charge in [0.15, 0.2) is 0 Å². The number of amides is 1. The maximum Gasteiger partial charge on any atom is 0.257 e. The van der Waals surface area contributed by atoms with E-state index in [9.17, 15) is 9.18 Å². The SMILES string of the molecule is Cc1c(C(=O)N2CCC(N(C)C)CC2)cnn1-c1ccc(F)cc1. The van der Waals surface area contributed by atoms with Gasteiger partial charge in [0, 0.05) is 19.1 Å². The van der Waals surface area contributed by atoms with Crippen LogP contribution in [0.2, 0.25) is 0 Å². The van der Waals surface area contributed by atoms with Crippen molar-refractivity contribution >= 4 is 5.91 Å². The van der Waals surface area contributed by atoms with Gasteiger partial charge in [-0.3, -0.25) is 4.79 Å². The van der Waals surface area contributed by atoms with Crippen LogP contribution in [0.3, 0.4) is 0 Å². The highest BCUT2D eigenvalue weighted by Crippen LogP contribution is 2.20. The number of hydrogen-bond donors (Lipinski definition) is 0. The van der Waals surface area contributed by atoms with Crippen molar-refractivity contribution in [3.63, 3.8) is 0 Å².